The Bertz CT molecular complexity index is 8.49. The molecule has 6 N–H and O–H groups in total. The molecule has 0 aromatic rings. The van der Waals surface area contributed by atoms with Gasteiger partial charge in [-0.15, -0.1) is 0 Å². The van der Waals surface area contributed by atoms with E-state index in [-0.39, 0.29) is 82.9 Å². The standard InChI is InChI=1S/Al.6H2O.Y/h;6*1H2;/q+3;;;;;;;+3/p-6. The van der Waals surface area contributed by atoms with E-state index >= 15 is 0 Å². The topological polar surface area (TPSA) is 180 Å². The summed E-state index contributed by atoms with van der Waals surface area (Å²) < 4.78 is 0. The summed E-state index contributed by atoms with van der Waals surface area (Å²) in [5.74, 6) is 0. The van der Waals surface area contributed by atoms with Crippen molar-refractivity contribution in [2.24, 2.45) is 0 Å². The molecule has 0 saturated carbocycles. The monoisotopic (exact) mass is 218 g/mol. The molecule has 0 bridgehead atoms. The summed E-state index contributed by atoms with van der Waals surface area (Å²) in [7, 11) is 0. The first-order valence-electron chi connectivity index (χ1n) is 0. The first-order valence-corrected chi connectivity index (χ1v) is 0. The Morgan fingerprint density at radius 1 is 0.375 bits per heavy atom. The third kappa shape index (κ3) is 155. The smallest absolute Gasteiger partial charge is 0.870 e. The second-order valence-corrected chi connectivity index (χ2v) is 0. The van der Waals surface area contributed by atoms with Gasteiger partial charge in [0.2, 0.25) is 0 Å². The molecular formula is H6AlO6Y. The van der Waals surface area contributed by atoms with Gasteiger partial charge in [0.15, 0.2) is 0 Å². The van der Waals surface area contributed by atoms with E-state index in [0.717, 1.165) is 0 Å². The second-order valence-electron chi connectivity index (χ2n) is 0. The summed E-state index contributed by atoms with van der Waals surface area (Å²) in [6.45, 7) is 0. The van der Waals surface area contributed by atoms with Crippen LogP contribution in [0.25, 0.3) is 0 Å². The van der Waals surface area contributed by atoms with Gasteiger partial charge in [-0.05, 0) is 0 Å². The van der Waals surface area contributed by atoms with Crippen LogP contribution in [0.4, 0.5) is 0 Å². The first kappa shape index (κ1) is 340. The average Bonchev–Trinajstić information content (AvgIpc) is 0. The number of rotatable bonds is 0. The zero-order chi connectivity index (χ0) is 0. The molecular weight excluding hydrogens is 212 g/mol. The summed E-state index contributed by atoms with van der Waals surface area (Å²) in [5.41, 5.74) is 0. The molecule has 0 aromatic heterocycles. The minimum Gasteiger partial charge on any atom is -0.870 e. The Morgan fingerprint density at radius 3 is 0.375 bits per heavy atom. The van der Waals surface area contributed by atoms with Crippen LogP contribution in [0.1, 0.15) is 0 Å². The molecule has 0 aliphatic heterocycles. The molecule has 0 aliphatic carbocycles. The van der Waals surface area contributed by atoms with Crippen molar-refractivity contribution in [1.82, 2.24) is 0 Å². The van der Waals surface area contributed by atoms with Crippen molar-refractivity contribution in [3.63, 3.8) is 0 Å². The van der Waals surface area contributed by atoms with E-state index in [4.69, 9.17) is 0 Å². The van der Waals surface area contributed by atoms with Gasteiger partial charge in [0.05, 0.1) is 0 Å². The molecule has 48 valence electrons. The van der Waals surface area contributed by atoms with E-state index in [0.29, 0.717) is 0 Å². The fourth-order valence-corrected chi connectivity index (χ4v) is 0. The zero-order valence-electron chi connectivity index (χ0n) is 3.84. The molecule has 0 unspecified atom stereocenters. The Hall–Kier alpha value is 1.40. The van der Waals surface area contributed by atoms with Crippen LogP contribution in [0.15, 0.2) is 0 Å². The van der Waals surface area contributed by atoms with Crippen molar-refractivity contribution in [2.75, 3.05) is 0 Å². The minimum atomic E-state index is 0. The maximum absolute atomic E-state index is 0. The molecule has 0 radical (unpaired) electrons. The molecule has 0 spiro atoms. The van der Waals surface area contributed by atoms with E-state index in [2.05, 4.69) is 0 Å². The number of hydrogen-bond donors (Lipinski definition) is 0. The van der Waals surface area contributed by atoms with Gasteiger partial charge in [-0.1, -0.05) is 0 Å². The van der Waals surface area contributed by atoms with E-state index in [9.17, 15) is 0 Å². The van der Waals surface area contributed by atoms with Crippen molar-refractivity contribution in [3.05, 3.63) is 0 Å². The maximum atomic E-state index is 0. The van der Waals surface area contributed by atoms with Gasteiger partial charge in [-0.2, -0.15) is 0 Å². The van der Waals surface area contributed by atoms with Crippen LogP contribution in [-0.4, -0.2) is 50.2 Å². The van der Waals surface area contributed by atoms with Crippen LogP contribution in [0.3, 0.4) is 0 Å². The van der Waals surface area contributed by atoms with Crippen LogP contribution in [0.2, 0.25) is 0 Å². The molecule has 0 aromatic carbocycles. The summed E-state index contributed by atoms with van der Waals surface area (Å²) in [4.78, 5) is 0. The van der Waals surface area contributed by atoms with E-state index in [1.54, 1.807) is 0 Å². The summed E-state index contributed by atoms with van der Waals surface area (Å²) in [5, 5.41) is 0. The molecule has 8 heavy (non-hydrogen) atoms. The van der Waals surface area contributed by atoms with Gasteiger partial charge in [-0.3, -0.25) is 0 Å². The predicted molar refractivity (Wildman–Crippen MR) is 17.4 cm³/mol. The van der Waals surface area contributed by atoms with Crippen LogP contribution < -0.4 is 0 Å². The fourth-order valence-electron chi connectivity index (χ4n) is 0. The van der Waals surface area contributed by atoms with Crippen molar-refractivity contribution in [2.45, 2.75) is 0 Å². The molecule has 8 heteroatoms. The molecule has 0 rings (SSSR count). The second kappa shape index (κ2) is 236. The summed E-state index contributed by atoms with van der Waals surface area (Å²) >= 11 is 0. The molecule has 0 heterocycles. The zero-order valence-corrected chi connectivity index (χ0v) is 7.83. The Labute approximate surface area is 82.5 Å². The molecule has 0 atom stereocenters. The minimum absolute atomic E-state index is 0. The van der Waals surface area contributed by atoms with Gasteiger partial charge in [0, 0.05) is 0 Å². The van der Waals surface area contributed by atoms with Gasteiger partial charge in [0.1, 0.15) is 0 Å². The van der Waals surface area contributed by atoms with Crippen LogP contribution in [-0.2, 0) is 32.7 Å². The largest absolute Gasteiger partial charge is 3.00 e. The van der Waals surface area contributed by atoms with Crippen LogP contribution >= 0.6 is 0 Å². The molecule has 0 aliphatic rings. The van der Waals surface area contributed by atoms with E-state index in [1.807, 2.05) is 0 Å². The third-order valence-electron chi connectivity index (χ3n) is 0. The summed E-state index contributed by atoms with van der Waals surface area (Å²) in [6.07, 6.45) is 0. The molecule has 0 fully saturated rings. The van der Waals surface area contributed by atoms with E-state index < -0.39 is 0 Å². The number of hydrogen-bond acceptors (Lipinski definition) is 6. The Kier molecular flexibility index (Phi) is 10000. The van der Waals surface area contributed by atoms with Crippen molar-refractivity contribution in [3.8, 4) is 0 Å². The van der Waals surface area contributed by atoms with Crippen molar-refractivity contribution in [1.29, 1.82) is 0 Å². The van der Waals surface area contributed by atoms with Gasteiger partial charge in [0.25, 0.3) is 0 Å². The van der Waals surface area contributed by atoms with Crippen molar-refractivity contribution < 1.29 is 65.6 Å². The predicted octanol–water partition coefficient (Wildman–Crippen LogP) is -1.44. The molecule has 0 amide bonds. The SMILES string of the molecule is [Al+3].[OH-].[OH-].[OH-].[OH-].[OH-].[OH-].[Y+3]. The van der Waals surface area contributed by atoms with Gasteiger partial charge >= 0.3 is 50.1 Å². The Balaban J connectivity index is 0. The normalized spacial score (nSPS) is 0. The van der Waals surface area contributed by atoms with Gasteiger partial charge < -0.3 is 32.9 Å². The van der Waals surface area contributed by atoms with Crippen LogP contribution in [0.5, 0.6) is 0 Å². The molecule has 0 saturated heterocycles. The molecule has 6 nitrogen and oxygen atoms in total. The van der Waals surface area contributed by atoms with Crippen molar-refractivity contribution >= 4 is 17.4 Å². The average molecular weight is 218 g/mol. The maximum Gasteiger partial charge on any atom is 3.00 e. The Morgan fingerprint density at radius 2 is 0.375 bits per heavy atom. The quantitative estimate of drug-likeness (QED) is 0.448. The van der Waals surface area contributed by atoms with Crippen LogP contribution in [0, 0.1) is 0 Å². The fraction of sp³-hybridized carbons (Fsp3) is 0. The van der Waals surface area contributed by atoms with E-state index in [1.165, 1.54) is 0 Å². The third-order valence-corrected chi connectivity index (χ3v) is 0. The first-order chi connectivity index (χ1) is 0. The van der Waals surface area contributed by atoms with Gasteiger partial charge in [-0.25, -0.2) is 0 Å². The summed E-state index contributed by atoms with van der Waals surface area (Å²) in [6, 6.07) is 0.